The van der Waals surface area contributed by atoms with Crippen LogP contribution < -0.4 is 21.5 Å². The monoisotopic (exact) mass is 545 g/mol. The summed E-state index contributed by atoms with van der Waals surface area (Å²) >= 11 is 5.74. The van der Waals surface area contributed by atoms with E-state index in [-0.39, 0.29) is 11.2 Å². The molecule has 5 rings (SSSR count). The van der Waals surface area contributed by atoms with Gasteiger partial charge in [-0.25, -0.2) is 4.79 Å². The van der Waals surface area contributed by atoms with Crippen molar-refractivity contribution in [2.75, 3.05) is 36.4 Å². The number of benzene rings is 2. The minimum absolute atomic E-state index is 0.340. The fraction of sp³-hybridized carbons (Fsp3) is 0.379. The molecule has 2 aromatic carbocycles. The molecule has 0 radical (unpaired) electrons. The first-order valence-corrected chi connectivity index (χ1v) is 13.9. The first-order chi connectivity index (χ1) is 18.9. The molecule has 1 aliphatic rings. The van der Waals surface area contributed by atoms with Crippen LogP contribution in [0.5, 0.6) is 0 Å². The lowest BCUT2D eigenvalue weighted by Gasteiger charge is -2.36. The second-order valence-corrected chi connectivity index (χ2v) is 10.5. The molecule has 4 aromatic rings. The van der Waals surface area contributed by atoms with E-state index in [1.54, 1.807) is 7.05 Å². The summed E-state index contributed by atoms with van der Waals surface area (Å²) in [6.07, 6.45) is 3.48. The lowest BCUT2D eigenvalue weighted by Crippen LogP contribution is -2.50. The Labute approximate surface area is 233 Å². The van der Waals surface area contributed by atoms with E-state index in [0.29, 0.717) is 54.9 Å². The minimum Gasteiger partial charge on any atom is -0.345 e. The Hall–Kier alpha value is -3.92. The summed E-state index contributed by atoms with van der Waals surface area (Å²) in [6.45, 7) is 5.48. The third-order valence-electron chi connectivity index (χ3n) is 7.39. The number of fused-ring (bicyclic) bond motifs is 1. The van der Waals surface area contributed by atoms with Crippen LogP contribution in [0, 0.1) is 0 Å². The number of imidazole rings is 1. The average Bonchev–Trinajstić information content (AvgIpc) is 3.34. The van der Waals surface area contributed by atoms with Gasteiger partial charge in [-0.3, -0.25) is 18.5 Å². The van der Waals surface area contributed by atoms with Crippen molar-refractivity contribution in [2.24, 2.45) is 14.1 Å². The minimum atomic E-state index is -0.386. The maximum absolute atomic E-state index is 13.2. The van der Waals surface area contributed by atoms with Crippen LogP contribution in [0.2, 0.25) is 0 Å². The van der Waals surface area contributed by atoms with E-state index in [0.717, 1.165) is 22.2 Å². The Morgan fingerprint density at radius 3 is 2.28 bits per heavy atom. The molecule has 1 saturated heterocycles. The highest BCUT2D eigenvalue weighted by molar-refractivity contribution is 7.80. The van der Waals surface area contributed by atoms with Gasteiger partial charge in [0.1, 0.15) is 0 Å². The molecule has 0 bridgehead atoms. The van der Waals surface area contributed by atoms with Gasteiger partial charge in [-0.2, -0.15) is 4.98 Å². The topological polar surface area (TPSA) is 80.3 Å². The predicted octanol–water partition coefficient (Wildman–Crippen LogP) is 3.34. The number of unbranched alkanes of at least 4 members (excludes halogenated alkanes) is 1. The molecule has 10 heteroatoms. The highest BCUT2D eigenvalue weighted by Gasteiger charge is 2.26. The lowest BCUT2D eigenvalue weighted by molar-refractivity contribution is 0.386. The third-order valence-corrected chi connectivity index (χ3v) is 7.75. The van der Waals surface area contributed by atoms with E-state index < -0.39 is 0 Å². The maximum atomic E-state index is 13.2. The maximum Gasteiger partial charge on any atom is 0.332 e. The molecular weight excluding hydrogens is 510 g/mol. The van der Waals surface area contributed by atoms with E-state index in [9.17, 15) is 9.59 Å². The summed E-state index contributed by atoms with van der Waals surface area (Å²) in [5.74, 6) is 0.688. The van der Waals surface area contributed by atoms with E-state index in [1.807, 2.05) is 34.9 Å². The van der Waals surface area contributed by atoms with Crippen molar-refractivity contribution in [1.29, 1.82) is 0 Å². The molecule has 1 N–H and O–H groups in total. The molecule has 0 atom stereocenters. The molecule has 204 valence electrons. The van der Waals surface area contributed by atoms with Gasteiger partial charge in [0.2, 0.25) is 5.95 Å². The van der Waals surface area contributed by atoms with Gasteiger partial charge in [-0.05, 0) is 48.3 Å². The van der Waals surface area contributed by atoms with Crippen LogP contribution in [0.4, 0.5) is 11.6 Å². The zero-order chi connectivity index (χ0) is 27.5. The largest absolute Gasteiger partial charge is 0.345 e. The Morgan fingerprint density at radius 1 is 0.923 bits per heavy atom. The van der Waals surface area contributed by atoms with Gasteiger partial charge in [0.05, 0.1) is 6.54 Å². The van der Waals surface area contributed by atoms with Crippen LogP contribution in [0.3, 0.4) is 0 Å². The van der Waals surface area contributed by atoms with E-state index >= 15 is 0 Å². The fourth-order valence-electron chi connectivity index (χ4n) is 5.04. The zero-order valence-electron chi connectivity index (χ0n) is 22.8. The smallest absolute Gasteiger partial charge is 0.332 e. The molecule has 0 amide bonds. The third kappa shape index (κ3) is 5.47. The molecule has 0 aliphatic carbocycles. The molecule has 0 unspecified atom stereocenters. The van der Waals surface area contributed by atoms with Crippen LogP contribution in [0.15, 0.2) is 64.2 Å². The molecular formula is C29H35N7O2S. The molecule has 0 spiro atoms. The highest BCUT2D eigenvalue weighted by atomic mass is 32.1. The summed E-state index contributed by atoms with van der Waals surface area (Å²) in [5, 5.41) is 4.08. The van der Waals surface area contributed by atoms with Gasteiger partial charge < -0.3 is 15.1 Å². The van der Waals surface area contributed by atoms with Crippen LogP contribution in [0.25, 0.3) is 11.2 Å². The predicted molar refractivity (Wildman–Crippen MR) is 161 cm³/mol. The lowest BCUT2D eigenvalue weighted by atomic mass is 10.1. The quantitative estimate of drug-likeness (QED) is 0.357. The number of hydrogen-bond donors (Lipinski definition) is 1. The van der Waals surface area contributed by atoms with Crippen LogP contribution >= 0.6 is 12.2 Å². The summed E-state index contributed by atoms with van der Waals surface area (Å²) in [6, 6.07) is 18.5. The van der Waals surface area contributed by atoms with E-state index in [4.69, 9.17) is 17.2 Å². The number of anilines is 2. The summed E-state index contributed by atoms with van der Waals surface area (Å²) in [4.78, 5) is 35.0. The summed E-state index contributed by atoms with van der Waals surface area (Å²) in [7, 11) is 3.17. The van der Waals surface area contributed by atoms with Crippen molar-refractivity contribution in [1.82, 2.24) is 23.6 Å². The van der Waals surface area contributed by atoms with Crippen LogP contribution in [-0.4, -0.2) is 54.9 Å². The van der Waals surface area contributed by atoms with E-state index in [1.165, 1.54) is 30.0 Å². The first-order valence-electron chi connectivity index (χ1n) is 13.5. The van der Waals surface area contributed by atoms with Crippen LogP contribution in [0.1, 0.15) is 30.9 Å². The van der Waals surface area contributed by atoms with Gasteiger partial charge in [0.15, 0.2) is 16.3 Å². The highest BCUT2D eigenvalue weighted by Crippen LogP contribution is 2.23. The van der Waals surface area contributed by atoms with Crippen molar-refractivity contribution in [2.45, 2.75) is 32.7 Å². The SMILES string of the molecule is CCCCc1ccc(NC(=S)N2CCN(c3nc4c(c(=O)n(C)c(=O)n4C)n3Cc3ccccc3)CC2)cc1. The van der Waals surface area contributed by atoms with Crippen LogP contribution in [-0.2, 0) is 27.1 Å². The molecule has 1 fully saturated rings. The zero-order valence-corrected chi connectivity index (χ0v) is 23.6. The second kappa shape index (κ2) is 11.4. The van der Waals surface area contributed by atoms with Crippen molar-refractivity contribution < 1.29 is 0 Å². The van der Waals surface area contributed by atoms with E-state index in [2.05, 4.69) is 46.3 Å². The number of hydrogen-bond acceptors (Lipinski definition) is 5. The number of nitrogens with one attached hydrogen (secondary N) is 1. The normalized spacial score (nSPS) is 13.7. The number of rotatable bonds is 7. The molecule has 3 heterocycles. The molecule has 9 nitrogen and oxygen atoms in total. The molecule has 1 aliphatic heterocycles. The van der Waals surface area contributed by atoms with Gasteiger partial charge in [0, 0.05) is 46.0 Å². The van der Waals surface area contributed by atoms with Crippen molar-refractivity contribution in [3.8, 4) is 0 Å². The molecule has 39 heavy (non-hydrogen) atoms. The number of aromatic nitrogens is 4. The Balaban J connectivity index is 1.36. The van der Waals surface area contributed by atoms with Crippen molar-refractivity contribution in [3.05, 3.63) is 86.6 Å². The van der Waals surface area contributed by atoms with Crippen molar-refractivity contribution >= 4 is 40.1 Å². The fourth-order valence-corrected chi connectivity index (χ4v) is 5.34. The number of piperazine rings is 1. The molecule has 0 saturated carbocycles. The van der Waals surface area contributed by atoms with Gasteiger partial charge >= 0.3 is 5.69 Å². The average molecular weight is 546 g/mol. The van der Waals surface area contributed by atoms with Gasteiger partial charge in [0.25, 0.3) is 5.56 Å². The van der Waals surface area contributed by atoms with Gasteiger partial charge in [-0.1, -0.05) is 55.8 Å². The molecule has 2 aromatic heterocycles. The van der Waals surface area contributed by atoms with Crippen molar-refractivity contribution in [3.63, 3.8) is 0 Å². The standard InChI is InChI=1S/C29H35N7O2S/c1-4-5-9-21-12-14-23(15-13-21)30-28(39)35-18-16-34(17-19-35)27-31-25-24(26(37)33(3)29(38)32(25)2)36(27)20-22-10-7-6-8-11-22/h6-8,10-15H,4-5,9,16-20H2,1-3H3,(H,30,39). The first kappa shape index (κ1) is 26.7. The number of aryl methyl sites for hydroxylation is 2. The summed E-state index contributed by atoms with van der Waals surface area (Å²) in [5.41, 5.74) is 3.49. The second-order valence-electron chi connectivity index (χ2n) is 10.1. The Morgan fingerprint density at radius 2 is 1.62 bits per heavy atom. The number of nitrogens with zero attached hydrogens (tertiary/aromatic N) is 6. The number of thiocarbonyl (C=S) groups is 1. The summed E-state index contributed by atoms with van der Waals surface area (Å²) < 4.78 is 4.54. The van der Waals surface area contributed by atoms with Gasteiger partial charge in [-0.15, -0.1) is 0 Å². The Bertz CT molecular complexity index is 1580. The Kier molecular flexibility index (Phi) is 7.83.